The van der Waals surface area contributed by atoms with E-state index in [1.807, 2.05) is 31.2 Å². The van der Waals surface area contributed by atoms with Gasteiger partial charge in [-0.3, -0.25) is 4.79 Å². The van der Waals surface area contributed by atoms with Gasteiger partial charge in [0, 0.05) is 25.9 Å². The van der Waals surface area contributed by atoms with Gasteiger partial charge in [0.2, 0.25) is 0 Å². The number of rotatable bonds is 11. The number of carbonyl (C=O) groups is 1. The van der Waals surface area contributed by atoms with Crippen molar-refractivity contribution in [2.24, 2.45) is 5.92 Å². The molecule has 0 saturated carbocycles. The fourth-order valence-corrected chi connectivity index (χ4v) is 3.69. The number of unbranched alkanes of at least 4 members (excludes halogenated alkanes) is 1. The molecule has 1 aliphatic rings. The minimum Gasteiger partial charge on any atom is -0.494 e. The molecular weight excluding hydrogens is 352 g/mol. The molecule has 1 heterocycles. The first-order valence-electron chi connectivity index (χ1n) is 10.8. The quantitative estimate of drug-likeness (QED) is 0.556. The summed E-state index contributed by atoms with van der Waals surface area (Å²) in [6.45, 7) is 10.5. The molecule has 1 aliphatic heterocycles. The molecule has 1 aromatic rings. The molecule has 0 aromatic heterocycles. The van der Waals surface area contributed by atoms with Crippen LogP contribution in [0.3, 0.4) is 0 Å². The maximum atomic E-state index is 12.6. The average molecular weight is 391 g/mol. The highest BCUT2D eigenvalue weighted by Crippen LogP contribution is 2.22. The van der Waals surface area contributed by atoms with Crippen LogP contribution >= 0.6 is 0 Å². The number of hydrogen-bond donors (Lipinski definition) is 1. The molecular formula is C23H38N2O3. The van der Waals surface area contributed by atoms with Gasteiger partial charge in [-0.2, -0.15) is 0 Å². The zero-order chi connectivity index (χ0) is 20.4. The molecule has 1 fully saturated rings. The molecule has 0 aliphatic carbocycles. The number of amides is 1. The summed E-state index contributed by atoms with van der Waals surface area (Å²) in [4.78, 5) is 15.1. The van der Waals surface area contributed by atoms with Crippen LogP contribution in [0.15, 0.2) is 24.3 Å². The van der Waals surface area contributed by atoms with Gasteiger partial charge in [-0.05, 0) is 69.3 Å². The molecule has 5 heteroatoms. The van der Waals surface area contributed by atoms with E-state index >= 15 is 0 Å². The Morgan fingerprint density at radius 1 is 1.29 bits per heavy atom. The van der Waals surface area contributed by atoms with Crippen molar-refractivity contribution in [1.82, 2.24) is 4.90 Å². The Hall–Kier alpha value is -1.59. The van der Waals surface area contributed by atoms with Crippen LogP contribution in [0.25, 0.3) is 0 Å². The lowest BCUT2D eigenvalue weighted by Gasteiger charge is -2.30. The van der Waals surface area contributed by atoms with Crippen LogP contribution in [-0.4, -0.2) is 49.8 Å². The third-order valence-electron chi connectivity index (χ3n) is 5.68. The number of methoxy groups -OCH3 is 1. The summed E-state index contributed by atoms with van der Waals surface area (Å²) in [5, 5.41) is 2.96. The van der Waals surface area contributed by atoms with Crippen molar-refractivity contribution in [1.29, 1.82) is 0 Å². The lowest BCUT2D eigenvalue weighted by atomic mass is 9.97. The van der Waals surface area contributed by atoms with Crippen molar-refractivity contribution in [3.8, 4) is 5.75 Å². The Kier molecular flexibility index (Phi) is 9.26. The maximum Gasteiger partial charge on any atom is 0.256 e. The van der Waals surface area contributed by atoms with Crippen molar-refractivity contribution in [3.05, 3.63) is 24.3 Å². The Labute approximate surface area is 170 Å². The molecule has 28 heavy (non-hydrogen) atoms. The predicted octanol–water partition coefficient (Wildman–Crippen LogP) is 4.72. The van der Waals surface area contributed by atoms with E-state index in [4.69, 9.17) is 9.47 Å². The second kappa shape index (κ2) is 11.4. The SMILES string of the molecule is CCCC[C@@](C)(OC)C(=O)Nc1ccc(OCCCN2CCC[C@H](C)C2)cc1. The lowest BCUT2D eigenvalue weighted by molar-refractivity contribution is -0.136. The molecule has 2 atom stereocenters. The van der Waals surface area contributed by atoms with Crippen LogP contribution in [0.2, 0.25) is 0 Å². The zero-order valence-electron chi connectivity index (χ0n) is 18.1. The van der Waals surface area contributed by atoms with Gasteiger partial charge in [0.15, 0.2) is 0 Å². The third kappa shape index (κ3) is 7.10. The first-order chi connectivity index (χ1) is 13.5. The Morgan fingerprint density at radius 3 is 2.68 bits per heavy atom. The van der Waals surface area contributed by atoms with Crippen LogP contribution in [0.1, 0.15) is 59.3 Å². The van der Waals surface area contributed by atoms with E-state index in [0.29, 0.717) is 6.42 Å². The summed E-state index contributed by atoms with van der Waals surface area (Å²) in [5.41, 5.74) is -0.0312. The molecule has 0 radical (unpaired) electrons. The molecule has 0 spiro atoms. The summed E-state index contributed by atoms with van der Waals surface area (Å²) in [6.07, 6.45) is 6.42. The van der Waals surface area contributed by atoms with E-state index in [1.165, 1.54) is 25.9 Å². The monoisotopic (exact) mass is 390 g/mol. The molecule has 0 bridgehead atoms. The highest BCUT2D eigenvalue weighted by atomic mass is 16.5. The normalized spacial score (nSPS) is 19.8. The Morgan fingerprint density at radius 2 is 2.04 bits per heavy atom. The highest BCUT2D eigenvalue weighted by molar-refractivity contribution is 5.97. The third-order valence-corrected chi connectivity index (χ3v) is 5.68. The Bertz CT molecular complexity index is 590. The summed E-state index contributed by atoms with van der Waals surface area (Å²) in [5.74, 6) is 1.55. The number of piperidine rings is 1. The number of likely N-dealkylation sites (tertiary alicyclic amines) is 1. The molecule has 0 unspecified atom stereocenters. The number of benzene rings is 1. The molecule has 1 saturated heterocycles. The minimum absolute atomic E-state index is 0.104. The number of nitrogens with zero attached hydrogens (tertiary/aromatic N) is 1. The van der Waals surface area contributed by atoms with Crippen LogP contribution < -0.4 is 10.1 Å². The molecule has 1 aromatic carbocycles. The number of ether oxygens (including phenoxy) is 2. The number of anilines is 1. The van der Waals surface area contributed by atoms with Crippen molar-refractivity contribution < 1.29 is 14.3 Å². The van der Waals surface area contributed by atoms with E-state index in [1.54, 1.807) is 7.11 Å². The number of carbonyl (C=O) groups excluding carboxylic acids is 1. The molecule has 5 nitrogen and oxygen atoms in total. The van der Waals surface area contributed by atoms with Crippen LogP contribution in [0.4, 0.5) is 5.69 Å². The van der Waals surface area contributed by atoms with Crippen LogP contribution in [-0.2, 0) is 9.53 Å². The highest BCUT2D eigenvalue weighted by Gasteiger charge is 2.32. The minimum atomic E-state index is -0.795. The predicted molar refractivity (Wildman–Crippen MR) is 115 cm³/mol. The van der Waals surface area contributed by atoms with Gasteiger partial charge in [-0.25, -0.2) is 0 Å². The van der Waals surface area contributed by atoms with E-state index in [9.17, 15) is 4.79 Å². The first kappa shape index (κ1) is 22.7. The van der Waals surface area contributed by atoms with Crippen molar-refractivity contribution in [2.45, 2.75) is 64.9 Å². The largest absolute Gasteiger partial charge is 0.494 e. The molecule has 1 N–H and O–H groups in total. The van der Waals surface area contributed by atoms with E-state index in [0.717, 1.165) is 49.8 Å². The van der Waals surface area contributed by atoms with Crippen molar-refractivity contribution in [3.63, 3.8) is 0 Å². The van der Waals surface area contributed by atoms with Gasteiger partial charge in [0.25, 0.3) is 5.91 Å². The van der Waals surface area contributed by atoms with Gasteiger partial charge in [-0.1, -0.05) is 26.7 Å². The van der Waals surface area contributed by atoms with Gasteiger partial charge in [-0.15, -0.1) is 0 Å². The molecule has 1 amide bonds. The van der Waals surface area contributed by atoms with Crippen molar-refractivity contribution in [2.75, 3.05) is 38.7 Å². The van der Waals surface area contributed by atoms with Crippen molar-refractivity contribution >= 4 is 11.6 Å². The summed E-state index contributed by atoms with van der Waals surface area (Å²) in [6, 6.07) is 7.59. The zero-order valence-corrected chi connectivity index (χ0v) is 18.1. The van der Waals surface area contributed by atoms with Gasteiger partial charge in [0.1, 0.15) is 11.4 Å². The van der Waals surface area contributed by atoms with Gasteiger partial charge < -0.3 is 19.7 Å². The number of hydrogen-bond acceptors (Lipinski definition) is 4. The molecule has 158 valence electrons. The van der Waals surface area contributed by atoms with E-state index in [2.05, 4.69) is 24.1 Å². The Balaban J connectivity index is 1.74. The second-order valence-electron chi connectivity index (χ2n) is 8.27. The maximum absolute atomic E-state index is 12.6. The lowest BCUT2D eigenvalue weighted by Crippen LogP contribution is -2.41. The van der Waals surface area contributed by atoms with Crippen LogP contribution in [0.5, 0.6) is 5.75 Å². The number of nitrogens with one attached hydrogen (secondary N) is 1. The summed E-state index contributed by atoms with van der Waals surface area (Å²) >= 11 is 0. The van der Waals surface area contributed by atoms with E-state index in [-0.39, 0.29) is 5.91 Å². The van der Waals surface area contributed by atoms with E-state index < -0.39 is 5.60 Å². The molecule has 2 rings (SSSR count). The first-order valence-corrected chi connectivity index (χ1v) is 10.8. The van der Waals surface area contributed by atoms with Gasteiger partial charge >= 0.3 is 0 Å². The summed E-state index contributed by atoms with van der Waals surface area (Å²) < 4.78 is 11.3. The van der Waals surface area contributed by atoms with Crippen LogP contribution in [0, 0.1) is 5.92 Å². The second-order valence-corrected chi connectivity index (χ2v) is 8.27. The fraction of sp³-hybridized carbons (Fsp3) is 0.696. The standard InChI is InChI=1S/C23H38N2O3/c1-5-6-14-23(3,27-4)22(26)24-20-10-12-21(13-11-20)28-17-8-16-25-15-7-9-19(2)18-25/h10-13,19H,5-9,14-18H2,1-4H3,(H,24,26)/t19-,23+/m0/s1. The topological polar surface area (TPSA) is 50.8 Å². The fourth-order valence-electron chi connectivity index (χ4n) is 3.69. The summed E-state index contributed by atoms with van der Waals surface area (Å²) in [7, 11) is 1.59. The smallest absolute Gasteiger partial charge is 0.256 e. The van der Waals surface area contributed by atoms with Gasteiger partial charge in [0.05, 0.1) is 6.61 Å². The average Bonchev–Trinajstić information content (AvgIpc) is 2.70.